The highest BCUT2D eigenvalue weighted by Crippen LogP contribution is 2.25. The SMILES string of the molecule is Cc1cc(C)c(-n2ncc(C(=O)O)c2CC(C)C)c(C)c1. The van der Waals surface area contributed by atoms with Gasteiger partial charge in [-0.05, 0) is 44.2 Å². The summed E-state index contributed by atoms with van der Waals surface area (Å²) in [6.45, 7) is 10.3. The quantitative estimate of drug-likeness (QED) is 0.932. The van der Waals surface area contributed by atoms with Crippen LogP contribution in [0.3, 0.4) is 0 Å². The van der Waals surface area contributed by atoms with Gasteiger partial charge in [-0.1, -0.05) is 31.5 Å². The Morgan fingerprint density at radius 2 is 1.81 bits per heavy atom. The second-order valence-electron chi connectivity index (χ2n) is 6.07. The summed E-state index contributed by atoms with van der Waals surface area (Å²) >= 11 is 0. The topological polar surface area (TPSA) is 55.1 Å². The lowest BCUT2D eigenvalue weighted by Gasteiger charge is -2.16. The van der Waals surface area contributed by atoms with Crippen molar-refractivity contribution in [2.24, 2.45) is 5.92 Å². The minimum Gasteiger partial charge on any atom is -0.478 e. The lowest BCUT2D eigenvalue weighted by molar-refractivity contribution is 0.0695. The zero-order chi connectivity index (χ0) is 15.7. The van der Waals surface area contributed by atoms with E-state index in [1.54, 1.807) is 4.68 Å². The molecule has 0 aliphatic heterocycles. The summed E-state index contributed by atoms with van der Waals surface area (Å²) in [5.74, 6) is -0.552. The number of carboxylic acids is 1. The second-order valence-corrected chi connectivity index (χ2v) is 6.07. The summed E-state index contributed by atoms with van der Waals surface area (Å²) in [7, 11) is 0. The molecule has 1 heterocycles. The molecular formula is C17H22N2O2. The highest BCUT2D eigenvalue weighted by atomic mass is 16.4. The van der Waals surface area contributed by atoms with E-state index in [9.17, 15) is 9.90 Å². The molecule has 1 aromatic heterocycles. The largest absolute Gasteiger partial charge is 0.478 e. The fourth-order valence-electron chi connectivity index (χ4n) is 2.83. The van der Waals surface area contributed by atoms with E-state index in [0.717, 1.165) is 22.5 Å². The number of aromatic carboxylic acids is 1. The Balaban J connectivity index is 2.67. The van der Waals surface area contributed by atoms with Gasteiger partial charge in [-0.15, -0.1) is 0 Å². The first-order valence-corrected chi connectivity index (χ1v) is 7.19. The van der Waals surface area contributed by atoms with E-state index >= 15 is 0 Å². The Morgan fingerprint density at radius 3 is 2.29 bits per heavy atom. The van der Waals surface area contributed by atoms with Crippen LogP contribution in [0.15, 0.2) is 18.3 Å². The number of benzene rings is 1. The van der Waals surface area contributed by atoms with Crippen LogP contribution in [0.4, 0.5) is 0 Å². The van der Waals surface area contributed by atoms with Crippen molar-refractivity contribution < 1.29 is 9.90 Å². The third-order valence-corrected chi connectivity index (χ3v) is 3.55. The van der Waals surface area contributed by atoms with Crippen LogP contribution in [0.1, 0.15) is 46.6 Å². The van der Waals surface area contributed by atoms with Gasteiger partial charge < -0.3 is 5.11 Å². The fourth-order valence-corrected chi connectivity index (χ4v) is 2.83. The minimum absolute atomic E-state index is 0.295. The lowest BCUT2D eigenvalue weighted by atomic mass is 10.0. The van der Waals surface area contributed by atoms with Crippen LogP contribution >= 0.6 is 0 Å². The molecule has 112 valence electrons. The second kappa shape index (κ2) is 5.72. The van der Waals surface area contributed by atoms with Gasteiger partial charge in [0, 0.05) is 0 Å². The number of hydrogen-bond donors (Lipinski definition) is 1. The van der Waals surface area contributed by atoms with Crippen LogP contribution in [-0.4, -0.2) is 20.9 Å². The molecule has 4 nitrogen and oxygen atoms in total. The van der Waals surface area contributed by atoms with Gasteiger partial charge in [-0.2, -0.15) is 5.10 Å². The maximum Gasteiger partial charge on any atom is 0.339 e. The molecule has 1 aromatic carbocycles. The zero-order valence-corrected chi connectivity index (χ0v) is 13.3. The molecule has 0 radical (unpaired) electrons. The van der Waals surface area contributed by atoms with Gasteiger partial charge in [-0.3, -0.25) is 0 Å². The predicted molar refractivity (Wildman–Crippen MR) is 83.3 cm³/mol. The number of aryl methyl sites for hydroxylation is 3. The van der Waals surface area contributed by atoms with Gasteiger partial charge in [0.1, 0.15) is 5.56 Å². The molecule has 21 heavy (non-hydrogen) atoms. The smallest absolute Gasteiger partial charge is 0.339 e. The van der Waals surface area contributed by atoms with E-state index in [-0.39, 0.29) is 0 Å². The molecule has 0 spiro atoms. The molecule has 4 heteroatoms. The van der Waals surface area contributed by atoms with Crippen LogP contribution in [0.25, 0.3) is 5.69 Å². The van der Waals surface area contributed by atoms with Crippen LogP contribution in [0.2, 0.25) is 0 Å². The molecule has 0 atom stereocenters. The summed E-state index contributed by atoms with van der Waals surface area (Å²) in [6.07, 6.45) is 2.15. The van der Waals surface area contributed by atoms with Gasteiger partial charge in [0.25, 0.3) is 0 Å². The maximum atomic E-state index is 11.4. The van der Waals surface area contributed by atoms with E-state index in [0.29, 0.717) is 17.9 Å². The Hall–Kier alpha value is -2.10. The number of carboxylic acid groups (broad SMARTS) is 1. The number of aromatic nitrogens is 2. The highest BCUT2D eigenvalue weighted by Gasteiger charge is 2.20. The van der Waals surface area contributed by atoms with Crippen LogP contribution < -0.4 is 0 Å². The third kappa shape index (κ3) is 2.99. The van der Waals surface area contributed by atoms with Gasteiger partial charge in [0.2, 0.25) is 0 Å². The summed E-state index contributed by atoms with van der Waals surface area (Å²) in [4.78, 5) is 11.4. The normalized spacial score (nSPS) is 11.1. The third-order valence-electron chi connectivity index (χ3n) is 3.55. The summed E-state index contributed by atoms with van der Waals surface area (Å²) in [5, 5.41) is 13.7. The molecule has 0 saturated carbocycles. The van der Waals surface area contributed by atoms with E-state index in [1.807, 2.05) is 13.8 Å². The predicted octanol–water partition coefficient (Wildman–Crippen LogP) is 3.69. The summed E-state index contributed by atoms with van der Waals surface area (Å²) < 4.78 is 1.80. The van der Waals surface area contributed by atoms with Gasteiger partial charge in [0.15, 0.2) is 0 Å². The molecular weight excluding hydrogens is 264 g/mol. The molecule has 2 rings (SSSR count). The van der Waals surface area contributed by atoms with Crippen molar-refractivity contribution in [3.05, 3.63) is 46.3 Å². The molecule has 0 aliphatic rings. The molecule has 0 unspecified atom stereocenters. The van der Waals surface area contributed by atoms with E-state index in [2.05, 4.69) is 38.0 Å². The van der Waals surface area contributed by atoms with Crippen molar-refractivity contribution in [3.63, 3.8) is 0 Å². The molecule has 0 bridgehead atoms. The van der Waals surface area contributed by atoms with E-state index in [1.165, 1.54) is 11.8 Å². The van der Waals surface area contributed by atoms with Gasteiger partial charge >= 0.3 is 5.97 Å². The van der Waals surface area contributed by atoms with Crippen molar-refractivity contribution >= 4 is 5.97 Å². The standard InChI is InChI=1S/C17H22N2O2/c1-10(2)6-15-14(17(20)21)9-18-19(15)16-12(4)7-11(3)8-13(16)5/h7-10H,6H2,1-5H3,(H,20,21). The van der Waals surface area contributed by atoms with Crippen molar-refractivity contribution in [2.75, 3.05) is 0 Å². The molecule has 0 fully saturated rings. The Bertz CT molecular complexity index is 661. The first-order valence-electron chi connectivity index (χ1n) is 7.19. The zero-order valence-electron chi connectivity index (χ0n) is 13.3. The van der Waals surface area contributed by atoms with Crippen molar-refractivity contribution in [2.45, 2.75) is 41.0 Å². The summed E-state index contributed by atoms with van der Waals surface area (Å²) in [6, 6.07) is 4.20. The van der Waals surface area contributed by atoms with Crippen molar-refractivity contribution in [3.8, 4) is 5.69 Å². The Kier molecular flexibility index (Phi) is 4.16. The van der Waals surface area contributed by atoms with Gasteiger partial charge in [-0.25, -0.2) is 9.48 Å². The number of rotatable bonds is 4. The number of hydrogen-bond acceptors (Lipinski definition) is 2. The Morgan fingerprint density at radius 1 is 1.24 bits per heavy atom. The van der Waals surface area contributed by atoms with Crippen molar-refractivity contribution in [1.29, 1.82) is 0 Å². The van der Waals surface area contributed by atoms with Crippen molar-refractivity contribution in [1.82, 2.24) is 9.78 Å². The highest BCUT2D eigenvalue weighted by molar-refractivity contribution is 5.88. The maximum absolute atomic E-state index is 11.4. The van der Waals surface area contributed by atoms with E-state index < -0.39 is 5.97 Å². The molecule has 1 N–H and O–H groups in total. The molecule has 0 aliphatic carbocycles. The average Bonchev–Trinajstić information content (AvgIpc) is 2.71. The van der Waals surface area contributed by atoms with E-state index in [4.69, 9.17) is 0 Å². The van der Waals surface area contributed by atoms with Crippen LogP contribution in [-0.2, 0) is 6.42 Å². The fraction of sp³-hybridized carbons (Fsp3) is 0.412. The van der Waals surface area contributed by atoms with Gasteiger partial charge in [0.05, 0.1) is 17.6 Å². The van der Waals surface area contributed by atoms with Crippen LogP contribution in [0.5, 0.6) is 0 Å². The monoisotopic (exact) mass is 286 g/mol. The first-order chi connectivity index (χ1) is 9.81. The number of carbonyl (C=O) groups is 1. The number of nitrogens with zero attached hydrogens (tertiary/aromatic N) is 2. The van der Waals surface area contributed by atoms with Crippen LogP contribution in [0, 0.1) is 26.7 Å². The molecule has 0 amide bonds. The average molecular weight is 286 g/mol. The molecule has 0 saturated heterocycles. The first kappa shape index (κ1) is 15.3. The minimum atomic E-state index is -0.917. The summed E-state index contributed by atoms with van der Waals surface area (Å²) in [5.41, 5.74) is 5.47. The molecule has 2 aromatic rings. The Labute approximate surface area is 125 Å². The lowest BCUT2D eigenvalue weighted by Crippen LogP contribution is -2.11.